The van der Waals surface area contributed by atoms with Gasteiger partial charge in [-0.25, -0.2) is 4.79 Å². The van der Waals surface area contributed by atoms with Crippen LogP contribution in [0.2, 0.25) is 0 Å². The van der Waals surface area contributed by atoms with Crippen molar-refractivity contribution >= 4 is 12.0 Å². The van der Waals surface area contributed by atoms with Gasteiger partial charge in [-0.1, -0.05) is 18.2 Å². The van der Waals surface area contributed by atoms with Crippen LogP contribution in [0, 0.1) is 6.92 Å². The van der Waals surface area contributed by atoms with Gasteiger partial charge in [0.15, 0.2) is 0 Å². The number of benzene rings is 1. The van der Waals surface area contributed by atoms with E-state index in [-0.39, 0.29) is 0 Å². The normalized spacial score (nSPS) is 11.0. The minimum absolute atomic E-state index is 0.512. The maximum absolute atomic E-state index is 10.6. The van der Waals surface area contributed by atoms with Crippen molar-refractivity contribution in [2.45, 2.75) is 13.3 Å². The van der Waals surface area contributed by atoms with E-state index in [9.17, 15) is 4.79 Å². The molecule has 0 aliphatic carbocycles. The van der Waals surface area contributed by atoms with Gasteiger partial charge in [-0.05, 0) is 24.6 Å². The number of carbonyl (C=O) groups is 1. The summed E-state index contributed by atoms with van der Waals surface area (Å²) in [5, 5.41) is 12.8. The van der Waals surface area contributed by atoms with Crippen LogP contribution >= 0.6 is 0 Å². The number of carboxylic acids is 1. The van der Waals surface area contributed by atoms with Crippen LogP contribution in [0.4, 0.5) is 0 Å². The smallest absolute Gasteiger partial charge is 0.328 e. The molecular weight excluding hydrogens is 268 g/mol. The lowest BCUT2D eigenvalue weighted by Gasteiger charge is -2.12. The number of aromatic nitrogens is 2. The molecule has 5 nitrogen and oxygen atoms in total. The molecule has 2 aromatic rings. The summed E-state index contributed by atoms with van der Waals surface area (Å²) in [7, 11) is 1.89. The zero-order valence-electron chi connectivity index (χ0n) is 12.1. The Morgan fingerprint density at radius 1 is 1.43 bits per heavy atom. The third-order valence-electron chi connectivity index (χ3n) is 3.17. The SMILES string of the molecule is Cc1cccc(/C=C/C(=O)O)c1OCCc1ccnn1C. The number of aliphatic carboxylic acids is 1. The Hall–Kier alpha value is -2.56. The molecule has 5 heteroatoms. The summed E-state index contributed by atoms with van der Waals surface area (Å²) in [4.78, 5) is 10.6. The fourth-order valence-corrected chi connectivity index (χ4v) is 2.07. The number of aryl methyl sites for hydroxylation is 2. The third kappa shape index (κ3) is 3.95. The van der Waals surface area contributed by atoms with Gasteiger partial charge in [0.25, 0.3) is 0 Å². The van der Waals surface area contributed by atoms with Gasteiger partial charge in [0.1, 0.15) is 5.75 Å². The number of rotatable bonds is 6. The monoisotopic (exact) mass is 286 g/mol. The van der Waals surface area contributed by atoms with Crippen molar-refractivity contribution < 1.29 is 14.6 Å². The van der Waals surface area contributed by atoms with Gasteiger partial charge >= 0.3 is 5.97 Å². The van der Waals surface area contributed by atoms with E-state index in [0.717, 1.165) is 35.1 Å². The first kappa shape index (κ1) is 14.8. The van der Waals surface area contributed by atoms with Crippen LogP contribution in [0.15, 0.2) is 36.5 Å². The van der Waals surface area contributed by atoms with E-state index in [1.165, 1.54) is 0 Å². The summed E-state index contributed by atoms with van der Waals surface area (Å²) in [6, 6.07) is 7.61. The summed E-state index contributed by atoms with van der Waals surface area (Å²) in [6.45, 7) is 2.45. The second kappa shape index (κ2) is 6.74. The molecule has 1 aromatic heterocycles. The van der Waals surface area contributed by atoms with Crippen LogP contribution in [0.5, 0.6) is 5.75 Å². The molecule has 1 N–H and O–H groups in total. The van der Waals surface area contributed by atoms with Gasteiger partial charge in [0, 0.05) is 37.0 Å². The standard InChI is InChI=1S/C16H18N2O3/c1-12-4-3-5-13(6-7-15(19)20)16(12)21-11-9-14-8-10-17-18(14)2/h3-8,10H,9,11H2,1-2H3,(H,19,20)/b7-6+. The summed E-state index contributed by atoms with van der Waals surface area (Å²) in [6.07, 6.45) is 5.16. The van der Waals surface area contributed by atoms with E-state index in [1.807, 2.05) is 42.9 Å². The van der Waals surface area contributed by atoms with Crippen molar-refractivity contribution in [1.29, 1.82) is 0 Å². The van der Waals surface area contributed by atoms with Gasteiger partial charge in [-0.15, -0.1) is 0 Å². The van der Waals surface area contributed by atoms with E-state index < -0.39 is 5.97 Å². The molecule has 0 aliphatic heterocycles. The second-order valence-corrected chi connectivity index (χ2v) is 4.71. The van der Waals surface area contributed by atoms with Crippen LogP contribution < -0.4 is 4.74 Å². The van der Waals surface area contributed by atoms with Crippen molar-refractivity contribution in [3.63, 3.8) is 0 Å². The molecular formula is C16H18N2O3. The zero-order chi connectivity index (χ0) is 15.2. The molecule has 0 unspecified atom stereocenters. The fourth-order valence-electron chi connectivity index (χ4n) is 2.07. The summed E-state index contributed by atoms with van der Waals surface area (Å²) >= 11 is 0. The number of nitrogens with zero attached hydrogens (tertiary/aromatic N) is 2. The van der Waals surface area contributed by atoms with Gasteiger partial charge < -0.3 is 9.84 Å². The molecule has 0 saturated carbocycles. The van der Waals surface area contributed by atoms with Crippen LogP contribution in [0.1, 0.15) is 16.8 Å². The number of hydrogen-bond acceptors (Lipinski definition) is 3. The second-order valence-electron chi connectivity index (χ2n) is 4.71. The molecule has 110 valence electrons. The predicted molar refractivity (Wildman–Crippen MR) is 80.3 cm³/mol. The predicted octanol–water partition coefficient (Wildman–Crippen LogP) is 2.45. The minimum atomic E-state index is -0.975. The Morgan fingerprint density at radius 2 is 2.24 bits per heavy atom. The molecule has 0 amide bonds. The molecule has 0 bridgehead atoms. The van der Waals surface area contributed by atoms with Gasteiger partial charge in [0.2, 0.25) is 0 Å². The van der Waals surface area contributed by atoms with E-state index in [0.29, 0.717) is 6.61 Å². The van der Waals surface area contributed by atoms with Crippen molar-refractivity contribution in [3.05, 3.63) is 53.4 Å². The molecule has 2 rings (SSSR count). The lowest BCUT2D eigenvalue weighted by atomic mass is 10.1. The van der Waals surface area contributed by atoms with E-state index in [4.69, 9.17) is 9.84 Å². The summed E-state index contributed by atoms with van der Waals surface area (Å²) in [5.74, 6) is -0.255. The highest BCUT2D eigenvalue weighted by Crippen LogP contribution is 2.24. The highest BCUT2D eigenvalue weighted by Gasteiger charge is 2.06. The first-order chi connectivity index (χ1) is 10.1. The van der Waals surface area contributed by atoms with Crippen LogP contribution in [-0.2, 0) is 18.3 Å². The van der Waals surface area contributed by atoms with Gasteiger partial charge in [-0.2, -0.15) is 5.10 Å². The first-order valence-electron chi connectivity index (χ1n) is 6.68. The summed E-state index contributed by atoms with van der Waals surface area (Å²) < 4.78 is 7.66. The Bertz CT molecular complexity index is 659. The van der Waals surface area contributed by atoms with Gasteiger partial charge in [-0.3, -0.25) is 4.68 Å². The lowest BCUT2D eigenvalue weighted by Crippen LogP contribution is -2.07. The average Bonchev–Trinajstić information content (AvgIpc) is 2.84. The van der Waals surface area contributed by atoms with Gasteiger partial charge in [0.05, 0.1) is 6.61 Å². The van der Waals surface area contributed by atoms with Crippen molar-refractivity contribution in [2.75, 3.05) is 6.61 Å². The quantitative estimate of drug-likeness (QED) is 0.828. The highest BCUT2D eigenvalue weighted by atomic mass is 16.5. The summed E-state index contributed by atoms with van der Waals surface area (Å²) in [5.41, 5.74) is 2.83. The molecule has 1 aromatic carbocycles. The number of hydrogen-bond donors (Lipinski definition) is 1. The highest BCUT2D eigenvalue weighted by molar-refractivity contribution is 5.86. The number of para-hydroxylation sites is 1. The Balaban J connectivity index is 2.08. The molecule has 0 radical (unpaired) electrons. The van der Waals surface area contributed by atoms with Crippen molar-refractivity contribution in [1.82, 2.24) is 9.78 Å². The van der Waals surface area contributed by atoms with Crippen LogP contribution in [0.25, 0.3) is 6.08 Å². The average molecular weight is 286 g/mol. The van der Waals surface area contributed by atoms with E-state index >= 15 is 0 Å². The molecule has 1 heterocycles. The molecule has 0 fully saturated rings. The van der Waals surface area contributed by atoms with Crippen LogP contribution in [0.3, 0.4) is 0 Å². The maximum Gasteiger partial charge on any atom is 0.328 e. The van der Waals surface area contributed by atoms with E-state index in [1.54, 1.807) is 12.3 Å². The molecule has 0 aliphatic rings. The van der Waals surface area contributed by atoms with Crippen molar-refractivity contribution in [3.8, 4) is 5.75 Å². The van der Waals surface area contributed by atoms with Crippen LogP contribution in [-0.4, -0.2) is 27.5 Å². The lowest BCUT2D eigenvalue weighted by molar-refractivity contribution is -0.131. The Morgan fingerprint density at radius 3 is 2.90 bits per heavy atom. The topological polar surface area (TPSA) is 64.3 Å². The largest absolute Gasteiger partial charge is 0.492 e. The zero-order valence-corrected chi connectivity index (χ0v) is 12.1. The fraction of sp³-hybridized carbons (Fsp3) is 0.250. The molecule has 0 spiro atoms. The first-order valence-corrected chi connectivity index (χ1v) is 6.68. The molecule has 0 atom stereocenters. The Kier molecular flexibility index (Phi) is 4.77. The minimum Gasteiger partial charge on any atom is -0.492 e. The van der Waals surface area contributed by atoms with Crippen molar-refractivity contribution in [2.24, 2.45) is 7.05 Å². The van der Waals surface area contributed by atoms with E-state index in [2.05, 4.69) is 5.10 Å². The maximum atomic E-state index is 10.6. The molecule has 21 heavy (non-hydrogen) atoms. The number of ether oxygens (including phenoxy) is 1. The Labute approximate surface area is 123 Å². The third-order valence-corrected chi connectivity index (χ3v) is 3.17. The number of carboxylic acid groups (broad SMARTS) is 1. The molecule has 0 saturated heterocycles.